The van der Waals surface area contributed by atoms with Gasteiger partial charge in [-0.2, -0.15) is 0 Å². The molecule has 0 aliphatic carbocycles. The lowest BCUT2D eigenvalue weighted by Gasteiger charge is -2.37. The Morgan fingerprint density at radius 2 is 1.62 bits per heavy atom. The Hall–Kier alpha value is -3.38. The average molecular weight is 552 g/mol. The van der Waals surface area contributed by atoms with Crippen molar-refractivity contribution in [2.45, 2.75) is 19.0 Å². The minimum Gasteiger partial charge on any atom is -0.473 e. The highest BCUT2D eigenvalue weighted by Gasteiger charge is 2.44. The first-order valence-corrected chi connectivity index (χ1v) is 12.0. The Morgan fingerprint density at radius 1 is 0.946 bits per heavy atom. The second kappa shape index (κ2) is 11.3. The first-order valence-electron chi connectivity index (χ1n) is 11.3. The molecule has 0 bridgehead atoms. The van der Waals surface area contributed by atoms with Gasteiger partial charge in [0.05, 0.1) is 28.2 Å². The van der Waals surface area contributed by atoms with E-state index in [9.17, 15) is 9.59 Å². The molecule has 196 valence electrons. The van der Waals surface area contributed by atoms with Gasteiger partial charge in [0.1, 0.15) is 0 Å². The van der Waals surface area contributed by atoms with Gasteiger partial charge in [0, 0.05) is 32.7 Å². The molecule has 0 radical (unpaired) electrons. The van der Waals surface area contributed by atoms with Crippen LogP contribution in [-0.4, -0.2) is 82.8 Å². The number of carboxylic acid groups (broad SMARTS) is 2. The molecular formula is C24H23Cl2N3O8. The quantitative estimate of drug-likeness (QED) is 0.430. The number of imide groups is 1. The number of aliphatic carboxylic acids is 2. The Balaban J connectivity index is 0.000000480. The topological polar surface area (TPSA) is 137 Å². The van der Waals surface area contributed by atoms with Crippen molar-refractivity contribution in [3.8, 4) is 11.5 Å². The van der Waals surface area contributed by atoms with Crippen LogP contribution in [0.25, 0.3) is 0 Å². The molecule has 0 saturated carbocycles. The van der Waals surface area contributed by atoms with Gasteiger partial charge in [0.15, 0.2) is 11.5 Å². The summed E-state index contributed by atoms with van der Waals surface area (Å²) >= 11 is 12.3. The van der Waals surface area contributed by atoms with Gasteiger partial charge in [0.25, 0.3) is 5.91 Å². The summed E-state index contributed by atoms with van der Waals surface area (Å²) in [5.41, 5.74) is 1.51. The van der Waals surface area contributed by atoms with Crippen molar-refractivity contribution in [1.82, 2.24) is 9.80 Å². The molecule has 11 nitrogen and oxygen atoms in total. The Bertz CT molecular complexity index is 1220. The minimum absolute atomic E-state index is 0.157. The number of carbonyl (C=O) groups is 4. The van der Waals surface area contributed by atoms with Crippen LogP contribution in [0.4, 0.5) is 5.69 Å². The molecule has 0 aromatic heterocycles. The van der Waals surface area contributed by atoms with Crippen molar-refractivity contribution < 1.29 is 38.9 Å². The molecule has 0 spiro atoms. The number of amides is 2. The van der Waals surface area contributed by atoms with E-state index in [0.717, 1.165) is 36.7 Å². The third-order valence-electron chi connectivity index (χ3n) is 6.17. The lowest BCUT2D eigenvalue weighted by Crippen LogP contribution is -2.52. The van der Waals surface area contributed by atoms with E-state index in [4.69, 9.17) is 52.5 Å². The number of hydrogen-bond donors (Lipinski definition) is 2. The molecule has 2 saturated heterocycles. The fraction of sp³-hybridized carbons (Fsp3) is 0.333. The first-order chi connectivity index (χ1) is 17.7. The summed E-state index contributed by atoms with van der Waals surface area (Å²) in [4.78, 5) is 49.5. The predicted octanol–water partition coefficient (Wildman–Crippen LogP) is 2.33. The van der Waals surface area contributed by atoms with Gasteiger partial charge >= 0.3 is 11.9 Å². The number of carbonyl (C=O) groups excluding carboxylic acids is 2. The van der Waals surface area contributed by atoms with Crippen LogP contribution in [0.2, 0.25) is 10.0 Å². The predicted molar refractivity (Wildman–Crippen MR) is 132 cm³/mol. The number of hydrogen-bond acceptors (Lipinski definition) is 8. The highest BCUT2D eigenvalue weighted by molar-refractivity contribution is 6.44. The largest absolute Gasteiger partial charge is 0.473 e. The number of piperazine rings is 1. The summed E-state index contributed by atoms with van der Waals surface area (Å²) in [6.45, 7) is 4.11. The summed E-state index contributed by atoms with van der Waals surface area (Å²) in [6.07, 6.45) is 0.157. The molecule has 2 fully saturated rings. The number of nitrogens with zero attached hydrogens (tertiary/aromatic N) is 3. The van der Waals surface area contributed by atoms with Crippen LogP contribution in [0.5, 0.6) is 11.5 Å². The van der Waals surface area contributed by atoms with Crippen LogP contribution >= 0.6 is 23.2 Å². The summed E-state index contributed by atoms with van der Waals surface area (Å²) in [7, 11) is 0. The molecule has 2 N–H and O–H groups in total. The zero-order chi connectivity index (χ0) is 26.7. The molecule has 3 heterocycles. The van der Waals surface area contributed by atoms with Crippen molar-refractivity contribution in [1.29, 1.82) is 0 Å². The van der Waals surface area contributed by atoms with Crippen molar-refractivity contribution >= 4 is 52.6 Å². The normalized spacial score (nSPS) is 19.5. The molecule has 5 rings (SSSR count). The highest BCUT2D eigenvalue weighted by Crippen LogP contribution is 2.36. The van der Waals surface area contributed by atoms with E-state index in [1.807, 2.05) is 18.2 Å². The fourth-order valence-corrected chi connectivity index (χ4v) is 4.73. The summed E-state index contributed by atoms with van der Waals surface area (Å²) in [5.74, 6) is -2.57. The van der Waals surface area contributed by atoms with E-state index in [0.29, 0.717) is 23.8 Å². The van der Waals surface area contributed by atoms with Crippen LogP contribution in [0.3, 0.4) is 0 Å². The van der Waals surface area contributed by atoms with Crippen LogP contribution in [0.15, 0.2) is 36.4 Å². The highest BCUT2D eigenvalue weighted by atomic mass is 35.5. The minimum atomic E-state index is -1.82. The SMILES string of the molecule is O=C(O)C(=O)O.O=C1CC(N2CCN(Cc3ccc4c(c3)OCO4)CC2)C(=O)N1c1cccc(Cl)c1Cl. The average Bonchev–Trinajstić information content (AvgIpc) is 3.45. The molecule has 3 aliphatic heterocycles. The van der Waals surface area contributed by atoms with Gasteiger partial charge in [-0.3, -0.25) is 19.4 Å². The van der Waals surface area contributed by atoms with Crippen LogP contribution in [0, 0.1) is 0 Å². The van der Waals surface area contributed by atoms with Crippen molar-refractivity contribution in [2.75, 3.05) is 37.9 Å². The zero-order valence-corrected chi connectivity index (χ0v) is 20.9. The van der Waals surface area contributed by atoms with Gasteiger partial charge in [-0.25, -0.2) is 14.5 Å². The number of carboxylic acids is 2. The first kappa shape index (κ1) is 26.7. The maximum absolute atomic E-state index is 13.1. The molecule has 1 atom stereocenters. The smallest absolute Gasteiger partial charge is 0.414 e. The Morgan fingerprint density at radius 3 is 2.30 bits per heavy atom. The maximum Gasteiger partial charge on any atom is 0.414 e. The third-order valence-corrected chi connectivity index (χ3v) is 6.98. The van der Waals surface area contributed by atoms with Gasteiger partial charge in [0.2, 0.25) is 12.7 Å². The summed E-state index contributed by atoms with van der Waals surface area (Å²) in [5, 5.41) is 15.3. The van der Waals surface area contributed by atoms with Crippen molar-refractivity contribution in [2.24, 2.45) is 0 Å². The Kier molecular flexibility index (Phi) is 8.18. The molecular weight excluding hydrogens is 529 g/mol. The monoisotopic (exact) mass is 551 g/mol. The van der Waals surface area contributed by atoms with E-state index in [2.05, 4.69) is 9.80 Å². The molecule has 2 aromatic rings. The molecule has 37 heavy (non-hydrogen) atoms. The lowest BCUT2D eigenvalue weighted by molar-refractivity contribution is -0.159. The van der Waals surface area contributed by atoms with Crippen LogP contribution in [0.1, 0.15) is 12.0 Å². The van der Waals surface area contributed by atoms with E-state index >= 15 is 0 Å². The summed E-state index contributed by atoms with van der Waals surface area (Å²) in [6, 6.07) is 10.5. The van der Waals surface area contributed by atoms with E-state index in [1.165, 1.54) is 4.90 Å². The van der Waals surface area contributed by atoms with Crippen LogP contribution < -0.4 is 14.4 Å². The van der Waals surface area contributed by atoms with Gasteiger partial charge in [-0.1, -0.05) is 35.3 Å². The van der Waals surface area contributed by atoms with Gasteiger partial charge in [-0.15, -0.1) is 0 Å². The molecule has 3 aliphatic rings. The number of fused-ring (bicyclic) bond motifs is 1. The van der Waals surface area contributed by atoms with Crippen molar-refractivity contribution in [3.05, 3.63) is 52.0 Å². The zero-order valence-electron chi connectivity index (χ0n) is 19.4. The fourth-order valence-electron chi connectivity index (χ4n) is 4.35. The number of benzene rings is 2. The molecule has 13 heteroatoms. The number of halogens is 2. The van der Waals surface area contributed by atoms with Crippen LogP contribution in [-0.2, 0) is 25.7 Å². The number of rotatable bonds is 4. The number of ether oxygens (including phenoxy) is 2. The summed E-state index contributed by atoms with van der Waals surface area (Å²) < 4.78 is 10.8. The molecule has 1 unspecified atom stereocenters. The Labute approximate surface area is 221 Å². The van der Waals surface area contributed by atoms with Gasteiger partial charge in [-0.05, 0) is 29.8 Å². The maximum atomic E-state index is 13.1. The van der Waals surface area contributed by atoms with E-state index in [1.54, 1.807) is 18.2 Å². The molecule has 2 aromatic carbocycles. The second-order valence-electron chi connectivity index (χ2n) is 8.47. The van der Waals surface area contributed by atoms with Crippen molar-refractivity contribution in [3.63, 3.8) is 0 Å². The van der Waals surface area contributed by atoms with E-state index in [-0.39, 0.29) is 30.1 Å². The lowest BCUT2D eigenvalue weighted by atomic mass is 10.1. The molecule has 2 amide bonds. The van der Waals surface area contributed by atoms with E-state index < -0.39 is 18.0 Å². The second-order valence-corrected chi connectivity index (χ2v) is 9.26. The standard InChI is InChI=1S/C22H21Cl2N3O4.C2H2O4/c23-15-2-1-3-16(21(15)24)27-20(28)11-17(22(27)29)26-8-6-25(7-9-26)12-14-4-5-18-19(10-14)31-13-30-18;3-1(4)2(5)6/h1-5,10,17H,6-9,11-13H2;(H,3,4)(H,5,6). The van der Waals surface area contributed by atoms with Gasteiger partial charge < -0.3 is 19.7 Å². The number of anilines is 1. The third kappa shape index (κ3) is 5.96.